The van der Waals surface area contributed by atoms with E-state index in [1.165, 1.54) is 0 Å². The summed E-state index contributed by atoms with van der Waals surface area (Å²) in [4.78, 5) is 0. The second-order valence-electron chi connectivity index (χ2n) is 6.80. The summed E-state index contributed by atoms with van der Waals surface area (Å²) < 4.78 is 20.5. The Morgan fingerprint density at radius 3 is 2.28 bits per heavy atom. The Morgan fingerprint density at radius 2 is 1.64 bits per heavy atom. The molecule has 0 radical (unpaired) electrons. The van der Waals surface area contributed by atoms with E-state index in [9.17, 15) is 4.55 Å². The van der Waals surface area contributed by atoms with Crippen LogP contribution in [-0.4, -0.2) is 15.8 Å². The molecule has 0 fully saturated rings. The number of allylic oxidation sites excluding steroid dienone is 1. The van der Waals surface area contributed by atoms with Crippen LogP contribution >= 0.6 is 0 Å². The van der Waals surface area contributed by atoms with Crippen LogP contribution < -0.4 is 9.46 Å². The molecule has 0 aliphatic carbocycles. The molecule has 4 heteroatoms. The SMILES string of the molecule is CC(C)(C)[S@+]([O-])NCCCC=Cc1ccc(Oc2ccccc2)cc1. The van der Waals surface area contributed by atoms with Gasteiger partial charge in [-0.05, 0) is 63.4 Å². The lowest BCUT2D eigenvalue weighted by molar-refractivity contribution is 0.482. The summed E-state index contributed by atoms with van der Waals surface area (Å²) in [5, 5.41) is 0. The Kier molecular flexibility index (Phi) is 7.56. The standard InChI is InChI=1S/C21H27NO2S/c1-21(2,3)25(23)22-17-9-5-6-10-18-13-15-20(16-14-18)24-19-11-7-4-8-12-19/h4,6-8,10-16,22H,5,9,17H2,1-3H3/t25-/m0/s1. The Bertz CT molecular complexity index is 648. The Hall–Kier alpha value is -1.75. The monoisotopic (exact) mass is 357 g/mol. The van der Waals surface area contributed by atoms with Gasteiger partial charge in [-0.1, -0.05) is 42.5 Å². The molecule has 134 valence electrons. The van der Waals surface area contributed by atoms with Crippen molar-refractivity contribution in [3.63, 3.8) is 0 Å². The molecule has 2 aromatic carbocycles. The van der Waals surface area contributed by atoms with E-state index in [-0.39, 0.29) is 4.75 Å². The third-order valence-corrected chi connectivity index (χ3v) is 5.08. The van der Waals surface area contributed by atoms with Gasteiger partial charge in [0, 0.05) is 17.9 Å². The molecule has 2 aromatic rings. The molecule has 1 atom stereocenters. The van der Waals surface area contributed by atoms with Crippen molar-refractivity contribution in [2.24, 2.45) is 0 Å². The smallest absolute Gasteiger partial charge is 0.136 e. The van der Waals surface area contributed by atoms with Gasteiger partial charge < -0.3 is 9.29 Å². The van der Waals surface area contributed by atoms with E-state index in [2.05, 4.69) is 16.9 Å². The third-order valence-electron chi connectivity index (χ3n) is 3.51. The molecule has 0 aliphatic rings. The van der Waals surface area contributed by atoms with Crippen molar-refractivity contribution < 1.29 is 9.29 Å². The van der Waals surface area contributed by atoms with E-state index >= 15 is 0 Å². The minimum atomic E-state index is -0.986. The summed E-state index contributed by atoms with van der Waals surface area (Å²) in [6, 6.07) is 17.8. The summed E-state index contributed by atoms with van der Waals surface area (Å²) in [5.74, 6) is 1.67. The van der Waals surface area contributed by atoms with Gasteiger partial charge in [-0.3, -0.25) is 0 Å². The first-order chi connectivity index (χ1) is 11.9. The summed E-state index contributed by atoms with van der Waals surface area (Å²) in [6.45, 7) is 6.68. The number of ether oxygens (including phenoxy) is 1. The van der Waals surface area contributed by atoms with Crippen LogP contribution in [0.1, 0.15) is 39.2 Å². The summed E-state index contributed by atoms with van der Waals surface area (Å²) in [7, 11) is 0. The lowest BCUT2D eigenvalue weighted by Gasteiger charge is -2.23. The fourth-order valence-electron chi connectivity index (χ4n) is 2.09. The average Bonchev–Trinajstić information content (AvgIpc) is 2.59. The molecule has 0 heterocycles. The number of unbranched alkanes of at least 4 members (excludes halogenated alkanes) is 1. The van der Waals surface area contributed by atoms with Gasteiger partial charge in [-0.25, -0.2) is 0 Å². The molecule has 0 unspecified atom stereocenters. The topological polar surface area (TPSA) is 44.3 Å². The Labute approximate surface area is 154 Å². The fraction of sp³-hybridized carbons (Fsp3) is 0.333. The molecule has 3 nitrogen and oxygen atoms in total. The van der Waals surface area contributed by atoms with Crippen LogP contribution in [0.5, 0.6) is 11.5 Å². The average molecular weight is 358 g/mol. The maximum Gasteiger partial charge on any atom is 0.136 e. The molecule has 25 heavy (non-hydrogen) atoms. The van der Waals surface area contributed by atoms with Crippen LogP contribution in [-0.2, 0) is 11.4 Å². The van der Waals surface area contributed by atoms with Crippen LogP contribution in [0.4, 0.5) is 0 Å². The van der Waals surface area contributed by atoms with Gasteiger partial charge in [0.25, 0.3) is 0 Å². The van der Waals surface area contributed by atoms with Crippen LogP contribution in [0, 0.1) is 0 Å². The van der Waals surface area contributed by atoms with Gasteiger partial charge in [-0.2, -0.15) is 0 Å². The third kappa shape index (κ3) is 7.34. The first-order valence-electron chi connectivity index (χ1n) is 8.60. The highest BCUT2D eigenvalue weighted by molar-refractivity contribution is 7.90. The second-order valence-corrected chi connectivity index (χ2v) is 8.86. The second kappa shape index (κ2) is 9.66. The van der Waals surface area contributed by atoms with Gasteiger partial charge in [0.2, 0.25) is 0 Å². The maximum absolute atomic E-state index is 11.9. The first kappa shape index (κ1) is 19.6. The maximum atomic E-state index is 11.9. The number of hydrogen-bond acceptors (Lipinski definition) is 3. The zero-order valence-electron chi connectivity index (χ0n) is 15.2. The van der Waals surface area contributed by atoms with E-state index in [0.717, 1.165) is 36.4 Å². The molecule has 1 N–H and O–H groups in total. The van der Waals surface area contributed by atoms with Crippen molar-refractivity contribution in [1.82, 2.24) is 4.72 Å². The molecular weight excluding hydrogens is 330 g/mol. The largest absolute Gasteiger partial charge is 0.598 e. The molecule has 2 rings (SSSR count). The van der Waals surface area contributed by atoms with Gasteiger partial charge >= 0.3 is 0 Å². The van der Waals surface area contributed by atoms with Crippen molar-refractivity contribution in [2.75, 3.05) is 6.54 Å². The predicted molar refractivity (Wildman–Crippen MR) is 107 cm³/mol. The van der Waals surface area contributed by atoms with Gasteiger partial charge in [-0.15, -0.1) is 4.72 Å². The van der Waals surface area contributed by atoms with Crippen LogP contribution in [0.3, 0.4) is 0 Å². The van der Waals surface area contributed by atoms with Crippen LogP contribution in [0.15, 0.2) is 60.7 Å². The molecule has 0 saturated heterocycles. The lowest BCUT2D eigenvalue weighted by atomic mass is 10.2. The van der Waals surface area contributed by atoms with E-state index < -0.39 is 11.4 Å². The minimum absolute atomic E-state index is 0.209. The van der Waals surface area contributed by atoms with E-state index in [1.54, 1.807) is 0 Å². The Balaban J connectivity index is 1.71. The lowest BCUT2D eigenvalue weighted by Crippen LogP contribution is -2.39. The van der Waals surface area contributed by atoms with Crippen molar-refractivity contribution >= 4 is 17.4 Å². The fourth-order valence-corrected chi connectivity index (χ4v) is 2.86. The quantitative estimate of drug-likeness (QED) is 0.513. The van der Waals surface area contributed by atoms with E-state index in [1.807, 2.05) is 75.4 Å². The number of nitrogens with one attached hydrogen (secondary N) is 1. The van der Waals surface area contributed by atoms with Gasteiger partial charge in [0.1, 0.15) is 16.2 Å². The van der Waals surface area contributed by atoms with Crippen molar-refractivity contribution in [1.29, 1.82) is 0 Å². The molecular formula is C21H27NO2S. The number of rotatable bonds is 8. The molecule has 0 amide bonds. The van der Waals surface area contributed by atoms with Crippen LogP contribution in [0.25, 0.3) is 6.08 Å². The first-order valence-corrected chi connectivity index (χ1v) is 9.75. The predicted octanol–water partition coefficient (Wildman–Crippen LogP) is 5.32. The highest BCUT2D eigenvalue weighted by Crippen LogP contribution is 2.21. The highest BCUT2D eigenvalue weighted by Gasteiger charge is 2.25. The molecule has 0 aliphatic heterocycles. The number of benzene rings is 2. The van der Waals surface area contributed by atoms with Gasteiger partial charge in [0.05, 0.1) is 0 Å². The van der Waals surface area contributed by atoms with Gasteiger partial charge in [0.15, 0.2) is 0 Å². The van der Waals surface area contributed by atoms with Crippen LogP contribution in [0.2, 0.25) is 0 Å². The van der Waals surface area contributed by atoms with Crippen molar-refractivity contribution in [2.45, 2.75) is 38.4 Å². The highest BCUT2D eigenvalue weighted by atomic mass is 32.2. The molecule has 0 spiro atoms. The Morgan fingerprint density at radius 1 is 1.00 bits per heavy atom. The van der Waals surface area contributed by atoms with E-state index in [4.69, 9.17) is 4.74 Å². The molecule has 0 bridgehead atoms. The normalized spacial score (nSPS) is 13.1. The van der Waals surface area contributed by atoms with E-state index in [0.29, 0.717) is 0 Å². The number of hydrogen-bond donors (Lipinski definition) is 1. The minimum Gasteiger partial charge on any atom is -0.598 e. The summed E-state index contributed by atoms with van der Waals surface area (Å²) >= 11 is -0.986. The van der Waals surface area contributed by atoms with Crippen molar-refractivity contribution in [3.05, 3.63) is 66.2 Å². The zero-order valence-corrected chi connectivity index (χ0v) is 16.0. The number of para-hydroxylation sites is 1. The molecule has 0 aromatic heterocycles. The summed E-state index contributed by atoms with van der Waals surface area (Å²) in [6.07, 6.45) is 6.17. The summed E-state index contributed by atoms with van der Waals surface area (Å²) in [5.41, 5.74) is 1.15. The zero-order chi connectivity index (χ0) is 18.1. The van der Waals surface area contributed by atoms with Crippen molar-refractivity contribution in [3.8, 4) is 11.5 Å². The molecule has 0 saturated carbocycles.